The van der Waals surface area contributed by atoms with Crippen molar-refractivity contribution in [2.24, 2.45) is 0 Å². The van der Waals surface area contributed by atoms with Gasteiger partial charge in [-0.1, -0.05) is 12.1 Å². The van der Waals surface area contributed by atoms with Crippen LogP contribution in [-0.4, -0.2) is 18.7 Å². The maximum Gasteiger partial charge on any atom is 0.119 e. The Balaban J connectivity index is 1.55. The van der Waals surface area contributed by atoms with Gasteiger partial charge in [-0.15, -0.1) is 11.3 Å². The molecule has 0 unspecified atom stereocenters. The van der Waals surface area contributed by atoms with E-state index in [1.54, 1.807) is 18.4 Å². The standard InChI is InChI=1S/C18H18N2O2S/c1-21-15-6-8-16(9-7-15)22-11-10-18-20-17(12-23-18)13-2-4-14(19)5-3-13/h2-9,12H,10-11,19H2,1H3. The molecule has 0 atom stereocenters. The van der Waals surface area contributed by atoms with Gasteiger partial charge >= 0.3 is 0 Å². The summed E-state index contributed by atoms with van der Waals surface area (Å²) in [7, 11) is 1.65. The number of hydrogen-bond acceptors (Lipinski definition) is 5. The fourth-order valence-corrected chi connectivity index (χ4v) is 2.93. The molecule has 2 aromatic carbocycles. The van der Waals surface area contributed by atoms with Gasteiger partial charge in [0.25, 0.3) is 0 Å². The molecule has 0 fully saturated rings. The van der Waals surface area contributed by atoms with Gasteiger partial charge < -0.3 is 15.2 Å². The lowest BCUT2D eigenvalue weighted by Crippen LogP contribution is -2.01. The smallest absolute Gasteiger partial charge is 0.119 e. The number of nitrogens with zero attached hydrogens (tertiary/aromatic N) is 1. The first kappa shape index (κ1) is 15.4. The molecule has 3 rings (SSSR count). The SMILES string of the molecule is COc1ccc(OCCc2nc(-c3ccc(N)cc3)cs2)cc1. The van der Waals surface area contributed by atoms with E-state index in [9.17, 15) is 0 Å². The molecule has 0 spiro atoms. The summed E-state index contributed by atoms with van der Waals surface area (Å²) in [6, 6.07) is 15.3. The van der Waals surface area contributed by atoms with Gasteiger partial charge in [0, 0.05) is 23.1 Å². The highest BCUT2D eigenvalue weighted by Gasteiger charge is 2.05. The minimum absolute atomic E-state index is 0.598. The minimum Gasteiger partial charge on any atom is -0.497 e. The van der Waals surface area contributed by atoms with E-state index in [0.717, 1.165) is 39.9 Å². The zero-order chi connectivity index (χ0) is 16.1. The molecule has 0 aliphatic rings. The van der Waals surface area contributed by atoms with Crippen LogP contribution >= 0.6 is 11.3 Å². The van der Waals surface area contributed by atoms with Gasteiger partial charge in [0.2, 0.25) is 0 Å². The number of ether oxygens (including phenoxy) is 2. The van der Waals surface area contributed by atoms with E-state index in [1.807, 2.05) is 48.5 Å². The van der Waals surface area contributed by atoms with Crippen LogP contribution in [0.5, 0.6) is 11.5 Å². The van der Waals surface area contributed by atoms with Gasteiger partial charge in [-0.25, -0.2) is 4.98 Å². The van der Waals surface area contributed by atoms with Crippen LogP contribution in [0, 0.1) is 0 Å². The molecule has 5 heteroatoms. The molecule has 0 saturated heterocycles. The maximum absolute atomic E-state index is 5.73. The highest BCUT2D eigenvalue weighted by molar-refractivity contribution is 7.09. The second-order valence-corrected chi connectivity index (χ2v) is 5.97. The Hall–Kier alpha value is -2.53. The van der Waals surface area contributed by atoms with Crippen LogP contribution in [0.4, 0.5) is 5.69 Å². The molecule has 0 bridgehead atoms. The minimum atomic E-state index is 0.598. The van der Waals surface area contributed by atoms with Crippen LogP contribution in [0.1, 0.15) is 5.01 Å². The average Bonchev–Trinajstić information content (AvgIpc) is 3.05. The lowest BCUT2D eigenvalue weighted by Gasteiger charge is -2.05. The van der Waals surface area contributed by atoms with E-state index in [2.05, 4.69) is 10.4 Å². The van der Waals surface area contributed by atoms with Crippen LogP contribution in [0.15, 0.2) is 53.9 Å². The van der Waals surface area contributed by atoms with Crippen LogP contribution in [0.2, 0.25) is 0 Å². The zero-order valence-corrected chi connectivity index (χ0v) is 13.7. The molecule has 118 valence electrons. The molecular formula is C18H18N2O2S. The third kappa shape index (κ3) is 4.02. The van der Waals surface area contributed by atoms with E-state index >= 15 is 0 Å². The number of benzene rings is 2. The van der Waals surface area contributed by atoms with Crippen LogP contribution in [-0.2, 0) is 6.42 Å². The Morgan fingerprint density at radius 3 is 2.39 bits per heavy atom. The van der Waals surface area contributed by atoms with E-state index < -0.39 is 0 Å². The Labute approximate surface area is 139 Å². The molecule has 1 heterocycles. The van der Waals surface area contributed by atoms with E-state index in [4.69, 9.17) is 15.2 Å². The zero-order valence-electron chi connectivity index (χ0n) is 12.9. The van der Waals surface area contributed by atoms with Crippen molar-refractivity contribution in [2.45, 2.75) is 6.42 Å². The molecule has 0 radical (unpaired) electrons. The third-order valence-electron chi connectivity index (χ3n) is 3.40. The first-order valence-electron chi connectivity index (χ1n) is 7.32. The lowest BCUT2D eigenvalue weighted by molar-refractivity contribution is 0.321. The number of thiazole rings is 1. The summed E-state index contributed by atoms with van der Waals surface area (Å²) in [5, 5.41) is 3.12. The largest absolute Gasteiger partial charge is 0.497 e. The lowest BCUT2D eigenvalue weighted by atomic mass is 10.1. The number of hydrogen-bond donors (Lipinski definition) is 1. The van der Waals surface area contributed by atoms with E-state index in [1.165, 1.54) is 0 Å². The quantitative estimate of drug-likeness (QED) is 0.695. The van der Waals surface area contributed by atoms with Gasteiger partial charge in [0.15, 0.2) is 0 Å². The second-order valence-electron chi connectivity index (χ2n) is 5.02. The number of aromatic nitrogens is 1. The fourth-order valence-electron chi connectivity index (χ4n) is 2.14. The summed E-state index contributed by atoms with van der Waals surface area (Å²) in [5.41, 5.74) is 8.53. The van der Waals surface area contributed by atoms with E-state index in [0.29, 0.717) is 6.61 Å². The number of rotatable bonds is 6. The summed E-state index contributed by atoms with van der Waals surface area (Å²) in [4.78, 5) is 4.65. The molecule has 0 saturated carbocycles. The molecule has 0 aliphatic carbocycles. The van der Waals surface area contributed by atoms with Crippen molar-refractivity contribution in [3.05, 3.63) is 58.9 Å². The Morgan fingerprint density at radius 2 is 1.70 bits per heavy atom. The van der Waals surface area contributed by atoms with Crippen molar-refractivity contribution in [3.8, 4) is 22.8 Å². The van der Waals surface area contributed by atoms with Gasteiger partial charge in [0.1, 0.15) is 11.5 Å². The van der Waals surface area contributed by atoms with Crippen LogP contribution in [0.3, 0.4) is 0 Å². The molecule has 0 amide bonds. The topological polar surface area (TPSA) is 57.4 Å². The molecule has 2 N–H and O–H groups in total. The summed E-state index contributed by atoms with van der Waals surface area (Å²) in [6.45, 7) is 0.598. The number of nitrogen functional groups attached to an aromatic ring is 1. The van der Waals surface area contributed by atoms with Gasteiger partial charge in [0.05, 0.1) is 24.4 Å². The normalized spacial score (nSPS) is 10.5. The third-order valence-corrected chi connectivity index (χ3v) is 4.31. The Kier molecular flexibility index (Phi) is 4.78. The fraction of sp³-hybridized carbons (Fsp3) is 0.167. The molecule has 1 aromatic heterocycles. The van der Waals surface area contributed by atoms with Crippen molar-refractivity contribution < 1.29 is 9.47 Å². The summed E-state index contributed by atoms with van der Waals surface area (Å²) in [6.07, 6.45) is 0.783. The monoisotopic (exact) mass is 326 g/mol. The van der Waals surface area contributed by atoms with Gasteiger partial charge in [-0.2, -0.15) is 0 Å². The van der Waals surface area contributed by atoms with Crippen molar-refractivity contribution in [2.75, 3.05) is 19.5 Å². The van der Waals surface area contributed by atoms with Crippen molar-refractivity contribution >= 4 is 17.0 Å². The Bertz CT molecular complexity index is 751. The second kappa shape index (κ2) is 7.15. The molecule has 0 aliphatic heterocycles. The molecule has 4 nitrogen and oxygen atoms in total. The van der Waals surface area contributed by atoms with Crippen LogP contribution in [0.25, 0.3) is 11.3 Å². The van der Waals surface area contributed by atoms with Gasteiger partial charge in [-0.3, -0.25) is 0 Å². The summed E-state index contributed by atoms with van der Waals surface area (Å²) >= 11 is 1.65. The van der Waals surface area contributed by atoms with Crippen molar-refractivity contribution in [3.63, 3.8) is 0 Å². The predicted molar refractivity (Wildman–Crippen MR) is 94.2 cm³/mol. The van der Waals surface area contributed by atoms with Crippen molar-refractivity contribution in [1.82, 2.24) is 4.98 Å². The summed E-state index contributed by atoms with van der Waals surface area (Å²) < 4.78 is 10.9. The average molecular weight is 326 g/mol. The molecule has 3 aromatic rings. The highest BCUT2D eigenvalue weighted by atomic mass is 32.1. The van der Waals surface area contributed by atoms with Crippen LogP contribution < -0.4 is 15.2 Å². The number of methoxy groups -OCH3 is 1. The number of anilines is 1. The highest BCUT2D eigenvalue weighted by Crippen LogP contribution is 2.23. The first-order valence-corrected chi connectivity index (χ1v) is 8.20. The predicted octanol–water partition coefficient (Wildman–Crippen LogP) is 4.02. The van der Waals surface area contributed by atoms with Crippen molar-refractivity contribution in [1.29, 1.82) is 0 Å². The maximum atomic E-state index is 5.73. The summed E-state index contributed by atoms with van der Waals surface area (Å²) in [5.74, 6) is 1.66. The molecular weight excluding hydrogens is 308 g/mol. The van der Waals surface area contributed by atoms with Gasteiger partial charge in [-0.05, 0) is 36.4 Å². The van der Waals surface area contributed by atoms with E-state index in [-0.39, 0.29) is 0 Å². The number of nitrogens with two attached hydrogens (primary N) is 1. The first-order chi connectivity index (χ1) is 11.2. The molecule has 23 heavy (non-hydrogen) atoms. The Morgan fingerprint density at radius 1 is 1.00 bits per heavy atom.